The van der Waals surface area contributed by atoms with Crippen LogP contribution in [0.15, 0.2) is 90.2 Å². The van der Waals surface area contributed by atoms with Crippen LogP contribution >= 0.6 is 0 Å². The van der Waals surface area contributed by atoms with Gasteiger partial charge >= 0.3 is 5.97 Å². The Hall–Kier alpha value is -4.77. The molecule has 0 bridgehead atoms. The lowest BCUT2D eigenvalue weighted by Gasteiger charge is -2.25. The topological polar surface area (TPSA) is 128 Å². The van der Waals surface area contributed by atoms with E-state index in [0.29, 0.717) is 33.9 Å². The number of aromatic nitrogens is 4. The number of carboxylic acids is 1. The summed E-state index contributed by atoms with van der Waals surface area (Å²) in [6.45, 7) is 1.85. The third-order valence-corrected chi connectivity index (χ3v) is 7.82. The van der Waals surface area contributed by atoms with Crippen molar-refractivity contribution in [2.24, 2.45) is 0 Å². The van der Waals surface area contributed by atoms with E-state index in [0.717, 1.165) is 5.56 Å². The fourth-order valence-electron chi connectivity index (χ4n) is 4.05. The van der Waals surface area contributed by atoms with Crippen LogP contribution in [0.1, 0.15) is 21.6 Å². The molecule has 38 heavy (non-hydrogen) atoms. The Labute approximate surface area is 218 Å². The highest BCUT2D eigenvalue weighted by Gasteiger charge is 2.26. The summed E-state index contributed by atoms with van der Waals surface area (Å²) in [5, 5.41) is 14.4. The number of aryl methyl sites for hydroxylation is 1. The molecule has 10 nitrogen and oxygen atoms in total. The molecule has 5 rings (SSSR count). The number of rotatable bonds is 8. The van der Waals surface area contributed by atoms with Crippen LogP contribution in [0.25, 0.3) is 16.7 Å². The Morgan fingerprint density at radius 2 is 1.79 bits per heavy atom. The fourth-order valence-corrected chi connectivity index (χ4v) is 5.50. The zero-order valence-electron chi connectivity index (χ0n) is 20.5. The van der Waals surface area contributed by atoms with Gasteiger partial charge in [0.1, 0.15) is 5.75 Å². The second-order valence-electron chi connectivity index (χ2n) is 8.46. The van der Waals surface area contributed by atoms with E-state index in [4.69, 9.17) is 4.74 Å². The SMILES string of the molecule is COc1ccc(S(=O)(=O)N(Cc2cccnc2)c2ccc(-n3nc(C)c4cc(C(=O)O)cnc43)cc2)cc1. The third-order valence-electron chi connectivity index (χ3n) is 6.03. The van der Waals surface area contributed by atoms with E-state index in [1.807, 2.05) is 6.07 Å². The van der Waals surface area contributed by atoms with Gasteiger partial charge in [-0.15, -0.1) is 0 Å². The number of hydrogen-bond donors (Lipinski definition) is 1. The first-order valence-corrected chi connectivity index (χ1v) is 13.0. The van der Waals surface area contributed by atoms with Gasteiger partial charge in [0, 0.05) is 24.0 Å². The summed E-state index contributed by atoms with van der Waals surface area (Å²) in [6, 6.07) is 18.2. The highest BCUT2D eigenvalue weighted by atomic mass is 32.2. The Morgan fingerprint density at radius 3 is 2.42 bits per heavy atom. The maximum atomic E-state index is 13.7. The molecule has 3 heterocycles. The summed E-state index contributed by atoms with van der Waals surface area (Å²) in [5.41, 5.74) is 3.01. The van der Waals surface area contributed by atoms with Crippen LogP contribution < -0.4 is 9.04 Å². The highest BCUT2D eigenvalue weighted by molar-refractivity contribution is 7.92. The van der Waals surface area contributed by atoms with Gasteiger partial charge in [-0.1, -0.05) is 6.07 Å². The molecule has 0 radical (unpaired) electrons. The number of pyridine rings is 2. The lowest BCUT2D eigenvalue weighted by Crippen LogP contribution is -2.30. The van der Waals surface area contributed by atoms with Gasteiger partial charge in [0.05, 0.1) is 41.2 Å². The molecular formula is C27H23N5O5S. The molecule has 0 saturated heterocycles. The van der Waals surface area contributed by atoms with E-state index < -0.39 is 16.0 Å². The summed E-state index contributed by atoms with van der Waals surface area (Å²) in [7, 11) is -2.42. The van der Waals surface area contributed by atoms with Crippen molar-refractivity contribution >= 4 is 32.7 Å². The molecule has 0 unspecified atom stereocenters. The summed E-state index contributed by atoms with van der Waals surface area (Å²) < 4.78 is 35.6. The predicted molar refractivity (Wildman–Crippen MR) is 141 cm³/mol. The Bertz CT molecular complexity index is 1720. The molecule has 11 heteroatoms. The standard InChI is InChI=1S/C27H23N5O5S/c1-18-25-14-20(27(33)34)16-29-26(25)32(30-18)22-7-5-21(6-8-22)31(17-19-4-3-13-28-15-19)38(35,36)24-11-9-23(37-2)10-12-24/h3-16H,17H2,1-2H3,(H,33,34). The maximum absolute atomic E-state index is 13.7. The molecule has 0 aliphatic carbocycles. The number of hydrogen-bond acceptors (Lipinski definition) is 7. The van der Waals surface area contributed by atoms with Gasteiger partial charge in [0.25, 0.3) is 10.0 Å². The smallest absolute Gasteiger partial charge is 0.337 e. The van der Waals surface area contributed by atoms with Crippen LogP contribution in [-0.4, -0.2) is 46.4 Å². The molecule has 192 valence electrons. The highest BCUT2D eigenvalue weighted by Crippen LogP contribution is 2.29. The van der Waals surface area contributed by atoms with Crippen molar-refractivity contribution < 1.29 is 23.1 Å². The van der Waals surface area contributed by atoms with Crippen LogP contribution in [0.2, 0.25) is 0 Å². The van der Waals surface area contributed by atoms with Crippen molar-refractivity contribution in [2.75, 3.05) is 11.4 Å². The summed E-state index contributed by atoms with van der Waals surface area (Å²) >= 11 is 0. The maximum Gasteiger partial charge on any atom is 0.337 e. The number of nitrogens with zero attached hydrogens (tertiary/aromatic N) is 5. The van der Waals surface area contributed by atoms with Crippen molar-refractivity contribution in [1.29, 1.82) is 0 Å². The van der Waals surface area contributed by atoms with Gasteiger partial charge < -0.3 is 9.84 Å². The minimum Gasteiger partial charge on any atom is -0.497 e. The number of aromatic carboxylic acids is 1. The van der Waals surface area contributed by atoms with Crippen LogP contribution in [0.3, 0.4) is 0 Å². The number of ether oxygens (including phenoxy) is 1. The molecule has 2 aromatic carbocycles. The van der Waals surface area contributed by atoms with Crippen molar-refractivity contribution in [3.05, 3.63) is 102 Å². The molecule has 0 fully saturated rings. The van der Waals surface area contributed by atoms with Gasteiger partial charge in [-0.3, -0.25) is 9.29 Å². The molecule has 5 aromatic rings. The van der Waals surface area contributed by atoms with Crippen molar-refractivity contribution in [2.45, 2.75) is 18.4 Å². The largest absolute Gasteiger partial charge is 0.497 e. The third kappa shape index (κ3) is 4.66. The van der Waals surface area contributed by atoms with Crippen molar-refractivity contribution in [3.8, 4) is 11.4 Å². The minimum absolute atomic E-state index is 0.0743. The molecule has 0 atom stereocenters. The molecule has 0 aliphatic rings. The van der Waals surface area contributed by atoms with Crippen LogP contribution in [0.4, 0.5) is 5.69 Å². The van der Waals surface area contributed by atoms with E-state index in [2.05, 4.69) is 15.1 Å². The van der Waals surface area contributed by atoms with Gasteiger partial charge in [-0.2, -0.15) is 5.10 Å². The normalized spacial score (nSPS) is 11.4. The van der Waals surface area contributed by atoms with E-state index in [1.165, 1.54) is 35.8 Å². The van der Waals surface area contributed by atoms with E-state index >= 15 is 0 Å². The lowest BCUT2D eigenvalue weighted by atomic mass is 10.2. The van der Waals surface area contributed by atoms with Gasteiger partial charge in [0.2, 0.25) is 0 Å². The quantitative estimate of drug-likeness (QED) is 0.316. The fraction of sp³-hybridized carbons (Fsp3) is 0.111. The van der Waals surface area contributed by atoms with E-state index in [9.17, 15) is 18.3 Å². The van der Waals surface area contributed by atoms with Crippen LogP contribution in [0, 0.1) is 6.92 Å². The lowest BCUT2D eigenvalue weighted by molar-refractivity contribution is 0.0696. The minimum atomic E-state index is -3.94. The predicted octanol–water partition coefficient (Wildman–Crippen LogP) is 4.23. The molecule has 0 saturated carbocycles. The van der Waals surface area contributed by atoms with Gasteiger partial charge in [-0.25, -0.2) is 22.9 Å². The van der Waals surface area contributed by atoms with Gasteiger partial charge in [-0.05, 0) is 73.2 Å². The summed E-state index contributed by atoms with van der Waals surface area (Å²) in [6.07, 6.45) is 4.54. The zero-order chi connectivity index (χ0) is 26.9. The molecular weight excluding hydrogens is 506 g/mol. The molecule has 3 aromatic heterocycles. The number of benzene rings is 2. The Balaban J connectivity index is 1.55. The summed E-state index contributed by atoms with van der Waals surface area (Å²) in [4.78, 5) is 19.9. The van der Waals surface area contributed by atoms with Crippen LogP contribution in [-0.2, 0) is 16.6 Å². The Morgan fingerprint density at radius 1 is 1.05 bits per heavy atom. The number of sulfonamides is 1. The molecule has 1 N–H and O–H groups in total. The number of anilines is 1. The second-order valence-corrected chi connectivity index (χ2v) is 10.3. The first kappa shape index (κ1) is 24.9. The average Bonchev–Trinajstić information content (AvgIpc) is 3.28. The zero-order valence-corrected chi connectivity index (χ0v) is 21.3. The van der Waals surface area contributed by atoms with E-state index in [-0.39, 0.29) is 17.0 Å². The van der Waals surface area contributed by atoms with Gasteiger partial charge in [0.15, 0.2) is 5.65 Å². The average molecular weight is 530 g/mol. The van der Waals surface area contributed by atoms with Crippen molar-refractivity contribution in [3.63, 3.8) is 0 Å². The molecule has 0 spiro atoms. The molecule has 0 amide bonds. The second kappa shape index (κ2) is 9.94. The van der Waals surface area contributed by atoms with Crippen molar-refractivity contribution in [1.82, 2.24) is 19.7 Å². The number of carboxylic acid groups (broad SMARTS) is 1. The van der Waals surface area contributed by atoms with Crippen LogP contribution in [0.5, 0.6) is 5.75 Å². The van der Waals surface area contributed by atoms with E-state index in [1.54, 1.807) is 66.5 Å². The first-order valence-electron chi connectivity index (χ1n) is 11.5. The molecule has 0 aliphatic heterocycles. The number of carbonyl (C=O) groups is 1. The number of methoxy groups -OCH3 is 1. The summed E-state index contributed by atoms with van der Waals surface area (Å²) in [5.74, 6) is -0.513. The first-order chi connectivity index (χ1) is 18.3. The Kier molecular flexibility index (Phi) is 6.52. The monoisotopic (exact) mass is 529 g/mol. The number of fused-ring (bicyclic) bond motifs is 1.